The van der Waals surface area contributed by atoms with Gasteiger partial charge in [0.2, 0.25) is 0 Å². The molecular weight excluding hydrogens is 437 g/mol. The molecule has 0 saturated carbocycles. The molecule has 1 atom stereocenters. The SMILES string of the molecule is COC(=O)c1cccc(N2C(=O)C3CN(Cc4ccc(Cl)s4)CCN3C2=O)c1.Cl. The molecule has 2 aliphatic rings. The van der Waals surface area contributed by atoms with Gasteiger partial charge in [-0.15, -0.1) is 23.7 Å². The fourth-order valence-corrected chi connectivity index (χ4v) is 4.71. The van der Waals surface area contributed by atoms with E-state index in [4.69, 9.17) is 16.3 Å². The fraction of sp³-hybridized carbons (Fsp3) is 0.316. The number of carbonyl (C=O) groups excluding carboxylic acids is 3. The van der Waals surface area contributed by atoms with E-state index in [0.717, 1.165) is 14.1 Å². The van der Waals surface area contributed by atoms with Gasteiger partial charge in [-0.25, -0.2) is 14.5 Å². The number of halogens is 2. The number of ether oxygens (including phenoxy) is 1. The van der Waals surface area contributed by atoms with Gasteiger partial charge in [0.1, 0.15) is 6.04 Å². The summed E-state index contributed by atoms with van der Waals surface area (Å²) in [5.74, 6) is -0.791. The number of methoxy groups -OCH3 is 1. The van der Waals surface area contributed by atoms with Crippen LogP contribution in [0.3, 0.4) is 0 Å². The van der Waals surface area contributed by atoms with Crippen LogP contribution in [0.2, 0.25) is 4.34 Å². The number of imide groups is 1. The summed E-state index contributed by atoms with van der Waals surface area (Å²) in [7, 11) is 1.29. The van der Waals surface area contributed by atoms with Crippen molar-refractivity contribution in [2.45, 2.75) is 12.6 Å². The molecule has 1 aromatic heterocycles. The number of carbonyl (C=O) groups is 3. The standard InChI is InChI=1S/C19H18ClN3O4S.ClH/c1-27-18(25)12-3-2-4-13(9-12)23-17(24)15-11-21(7-8-22(15)19(23)26)10-14-5-6-16(20)28-14;/h2-6,9,15H,7-8,10-11H2,1H3;1H. The van der Waals surface area contributed by atoms with Crippen molar-refractivity contribution in [2.24, 2.45) is 0 Å². The predicted molar refractivity (Wildman–Crippen MR) is 113 cm³/mol. The molecule has 4 rings (SSSR count). The van der Waals surface area contributed by atoms with Crippen molar-refractivity contribution in [2.75, 3.05) is 31.6 Å². The number of piperazine rings is 1. The van der Waals surface area contributed by atoms with Gasteiger partial charge in [0, 0.05) is 31.1 Å². The number of nitrogens with zero attached hydrogens (tertiary/aromatic N) is 3. The lowest BCUT2D eigenvalue weighted by Crippen LogP contribution is -2.52. The molecule has 1 aromatic carbocycles. The van der Waals surface area contributed by atoms with Gasteiger partial charge in [-0.1, -0.05) is 17.7 Å². The van der Waals surface area contributed by atoms with Crippen LogP contribution in [0.4, 0.5) is 10.5 Å². The lowest BCUT2D eigenvalue weighted by molar-refractivity contribution is -0.121. The van der Waals surface area contributed by atoms with Gasteiger partial charge < -0.3 is 9.64 Å². The second-order valence-electron chi connectivity index (χ2n) is 6.65. The zero-order chi connectivity index (χ0) is 19.8. The number of rotatable bonds is 4. The maximum Gasteiger partial charge on any atom is 0.337 e. The quantitative estimate of drug-likeness (QED) is 0.522. The monoisotopic (exact) mass is 455 g/mol. The summed E-state index contributed by atoms with van der Waals surface area (Å²) in [5.41, 5.74) is 0.672. The van der Waals surface area contributed by atoms with Crippen molar-refractivity contribution >= 4 is 58.9 Å². The molecule has 0 spiro atoms. The van der Waals surface area contributed by atoms with Gasteiger partial charge >= 0.3 is 12.0 Å². The Morgan fingerprint density at radius 1 is 1.24 bits per heavy atom. The van der Waals surface area contributed by atoms with Crippen molar-refractivity contribution < 1.29 is 19.1 Å². The van der Waals surface area contributed by atoms with Crippen molar-refractivity contribution in [1.82, 2.24) is 9.80 Å². The number of anilines is 1. The Morgan fingerprint density at radius 3 is 2.72 bits per heavy atom. The van der Waals surface area contributed by atoms with Gasteiger partial charge in [-0.3, -0.25) is 9.69 Å². The molecule has 154 valence electrons. The molecule has 0 N–H and O–H groups in total. The van der Waals surface area contributed by atoms with Crippen LogP contribution < -0.4 is 4.90 Å². The number of hydrogen-bond donors (Lipinski definition) is 0. The molecule has 0 radical (unpaired) electrons. The largest absolute Gasteiger partial charge is 0.465 e. The summed E-state index contributed by atoms with van der Waals surface area (Å²) < 4.78 is 5.46. The first-order valence-corrected chi connectivity index (χ1v) is 9.97. The van der Waals surface area contributed by atoms with Crippen molar-refractivity contribution in [3.05, 3.63) is 51.2 Å². The van der Waals surface area contributed by atoms with Crippen LogP contribution in [0, 0.1) is 0 Å². The molecule has 2 fully saturated rings. The predicted octanol–water partition coefficient (Wildman–Crippen LogP) is 3.26. The summed E-state index contributed by atoms with van der Waals surface area (Å²) in [4.78, 5) is 43.7. The third kappa shape index (κ3) is 4.11. The molecule has 1 unspecified atom stereocenters. The van der Waals surface area contributed by atoms with Crippen molar-refractivity contribution in [3.8, 4) is 0 Å². The molecular formula is C19H19Cl2N3O4S. The normalized spacial score (nSPS) is 19.2. The minimum atomic E-state index is -0.529. The molecule has 2 aromatic rings. The first kappa shape index (κ1) is 21.6. The minimum absolute atomic E-state index is 0. The maximum atomic E-state index is 13.0. The number of esters is 1. The smallest absolute Gasteiger partial charge is 0.337 e. The Hall–Kier alpha value is -2.13. The minimum Gasteiger partial charge on any atom is -0.465 e. The van der Waals surface area contributed by atoms with Gasteiger partial charge in [0.05, 0.1) is 22.7 Å². The highest BCUT2D eigenvalue weighted by Crippen LogP contribution is 2.30. The highest BCUT2D eigenvalue weighted by atomic mass is 35.5. The average Bonchev–Trinajstić information content (AvgIpc) is 3.22. The molecule has 3 heterocycles. The maximum absolute atomic E-state index is 13.0. The highest BCUT2D eigenvalue weighted by Gasteiger charge is 2.48. The Kier molecular flexibility index (Phi) is 6.48. The number of thiophene rings is 1. The second kappa shape index (κ2) is 8.71. The summed E-state index contributed by atoms with van der Waals surface area (Å²) in [6, 6.07) is 9.32. The lowest BCUT2D eigenvalue weighted by atomic mass is 10.1. The van der Waals surface area contributed by atoms with Crippen molar-refractivity contribution in [3.63, 3.8) is 0 Å². The third-order valence-corrected chi connectivity index (χ3v) is 6.16. The Morgan fingerprint density at radius 2 is 2.03 bits per heavy atom. The van der Waals surface area contributed by atoms with Crippen LogP contribution in [0.25, 0.3) is 0 Å². The molecule has 3 amide bonds. The van der Waals surface area contributed by atoms with Gasteiger partial charge in [-0.2, -0.15) is 0 Å². The zero-order valence-electron chi connectivity index (χ0n) is 15.5. The number of hydrogen-bond acceptors (Lipinski definition) is 6. The van der Waals surface area contributed by atoms with Crippen molar-refractivity contribution in [1.29, 1.82) is 0 Å². The summed E-state index contributed by atoms with van der Waals surface area (Å²) >= 11 is 7.51. The molecule has 29 heavy (non-hydrogen) atoms. The van der Waals surface area contributed by atoms with E-state index < -0.39 is 12.0 Å². The summed E-state index contributed by atoms with van der Waals surface area (Å²) in [5, 5.41) is 0. The van der Waals surface area contributed by atoms with Crippen LogP contribution in [0.5, 0.6) is 0 Å². The molecule has 0 aliphatic carbocycles. The van der Waals surface area contributed by atoms with Crippen LogP contribution in [0.1, 0.15) is 15.2 Å². The Bertz CT molecular complexity index is 951. The van der Waals surface area contributed by atoms with E-state index in [1.165, 1.54) is 24.5 Å². The molecule has 2 aliphatic heterocycles. The third-order valence-electron chi connectivity index (χ3n) is 4.94. The van der Waals surface area contributed by atoms with Crippen LogP contribution >= 0.6 is 35.3 Å². The second-order valence-corrected chi connectivity index (χ2v) is 8.45. The van der Waals surface area contributed by atoms with Gasteiger partial charge in [0.15, 0.2) is 0 Å². The number of amides is 3. The summed E-state index contributed by atoms with van der Waals surface area (Å²) in [6.07, 6.45) is 0. The van der Waals surface area contributed by atoms with E-state index in [-0.39, 0.29) is 24.3 Å². The Balaban J connectivity index is 0.00000240. The molecule has 7 nitrogen and oxygen atoms in total. The van der Waals surface area contributed by atoms with E-state index in [1.54, 1.807) is 23.1 Å². The lowest BCUT2D eigenvalue weighted by Gasteiger charge is -2.34. The first-order chi connectivity index (χ1) is 13.5. The average molecular weight is 456 g/mol. The Labute approximate surface area is 183 Å². The fourth-order valence-electron chi connectivity index (χ4n) is 3.58. The molecule has 2 saturated heterocycles. The van der Waals surface area contributed by atoms with E-state index in [2.05, 4.69) is 4.90 Å². The topological polar surface area (TPSA) is 70.2 Å². The number of fused-ring (bicyclic) bond motifs is 1. The van der Waals surface area contributed by atoms with E-state index in [1.807, 2.05) is 12.1 Å². The number of benzene rings is 1. The zero-order valence-corrected chi connectivity index (χ0v) is 17.9. The first-order valence-electron chi connectivity index (χ1n) is 8.77. The molecule has 10 heteroatoms. The van der Waals surface area contributed by atoms with Gasteiger partial charge in [-0.05, 0) is 30.3 Å². The number of urea groups is 1. The van der Waals surface area contributed by atoms with Crippen LogP contribution in [-0.2, 0) is 16.1 Å². The molecule has 0 bridgehead atoms. The van der Waals surface area contributed by atoms with E-state index in [9.17, 15) is 14.4 Å². The van der Waals surface area contributed by atoms with E-state index in [0.29, 0.717) is 37.4 Å². The van der Waals surface area contributed by atoms with E-state index >= 15 is 0 Å². The van der Waals surface area contributed by atoms with Crippen LogP contribution in [0.15, 0.2) is 36.4 Å². The van der Waals surface area contributed by atoms with Gasteiger partial charge in [0.25, 0.3) is 5.91 Å². The van der Waals surface area contributed by atoms with Crippen LogP contribution in [-0.4, -0.2) is 60.5 Å². The highest BCUT2D eigenvalue weighted by molar-refractivity contribution is 7.16. The summed E-state index contributed by atoms with van der Waals surface area (Å²) in [6.45, 7) is 2.32.